The van der Waals surface area contributed by atoms with Crippen molar-refractivity contribution in [2.45, 2.75) is 52.3 Å². The van der Waals surface area contributed by atoms with Gasteiger partial charge < -0.3 is 5.32 Å². The molecule has 1 atom stereocenters. The first-order valence-corrected chi connectivity index (χ1v) is 12.2. The lowest BCUT2D eigenvalue weighted by atomic mass is 9.96. The molecule has 1 aliphatic heterocycles. The molecule has 6 heteroatoms. The minimum atomic E-state index is -3.38. The zero-order valence-corrected chi connectivity index (χ0v) is 19.1. The fraction of sp³-hybridized carbons (Fsp3) is 0.458. The Hall–Kier alpha value is -2.18. The SMILES string of the molecule is Cc1ccc([C@H](C)NC(=O)C2CCN(S(=O)(=O)Cc3ccccc3C)CC2)cc1C. The fourth-order valence-electron chi connectivity index (χ4n) is 3.90. The molecule has 0 unspecified atom stereocenters. The van der Waals surface area contributed by atoms with Gasteiger partial charge in [0, 0.05) is 19.0 Å². The third-order valence-corrected chi connectivity index (χ3v) is 8.03. The lowest BCUT2D eigenvalue weighted by molar-refractivity contribution is -0.126. The Kier molecular flexibility index (Phi) is 6.98. The van der Waals surface area contributed by atoms with Crippen LogP contribution in [0, 0.1) is 26.7 Å². The monoisotopic (exact) mass is 428 g/mol. The smallest absolute Gasteiger partial charge is 0.223 e. The van der Waals surface area contributed by atoms with E-state index in [4.69, 9.17) is 0 Å². The molecule has 1 N–H and O–H groups in total. The van der Waals surface area contributed by atoms with Gasteiger partial charge in [0.15, 0.2) is 0 Å². The highest BCUT2D eigenvalue weighted by Crippen LogP contribution is 2.24. The van der Waals surface area contributed by atoms with E-state index in [1.165, 1.54) is 15.4 Å². The van der Waals surface area contributed by atoms with Crippen LogP contribution >= 0.6 is 0 Å². The van der Waals surface area contributed by atoms with Gasteiger partial charge in [-0.2, -0.15) is 0 Å². The van der Waals surface area contributed by atoms with Gasteiger partial charge in [-0.25, -0.2) is 12.7 Å². The van der Waals surface area contributed by atoms with E-state index in [0.717, 1.165) is 16.7 Å². The van der Waals surface area contributed by atoms with E-state index in [9.17, 15) is 13.2 Å². The van der Waals surface area contributed by atoms with Crippen LogP contribution in [0.4, 0.5) is 0 Å². The Morgan fingerprint density at radius 3 is 2.33 bits per heavy atom. The standard InChI is InChI=1S/C24H32N2O3S/c1-17-9-10-22(15-19(17)3)20(4)25-24(27)21-11-13-26(14-12-21)30(28,29)16-23-8-6-5-7-18(23)2/h5-10,15,20-21H,11-14,16H2,1-4H3,(H,25,27)/t20-/m0/s1. The predicted octanol–water partition coefficient (Wildman–Crippen LogP) is 4.03. The second kappa shape index (κ2) is 9.31. The van der Waals surface area contributed by atoms with Crippen molar-refractivity contribution in [2.75, 3.05) is 13.1 Å². The Labute approximate surface area is 180 Å². The van der Waals surface area contributed by atoms with Gasteiger partial charge >= 0.3 is 0 Å². The molecule has 162 valence electrons. The van der Waals surface area contributed by atoms with Crippen LogP contribution in [0.5, 0.6) is 0 Å². The van der Waals surface area contributed by atoms with Crippen molar-refractivity contribution in [3.05, 3.63) is 70.3 Å². The first kappa shape index (κ1) is 22.5. The molecule has 1 fully saturated rings. The number of amides is 1. The molecule has 1 heterocycles. The fourth-order valence-corrected chi connectivity index (χ4v) is 5.57. The number of piperidine rings is 1. The lowest BCUT2D eigenvalue weighted by Gasteiger charge is -2.31. The summed E-state index contributed by atoms with van der Waals surface area (Å²) in [7, 11) is -3.38. The van der Waals surface area contributed by atoms with Crippen LogP contribution in [0.3, 0.4) is 0 Å². The topological polar surface area (TPSA) is 66.5 Å². The molecule has 30 heavy (non-hydrogen) atoms. The summed E-state index contributed by atoms with van der Waals surface area (Å²) in [4.78, 5) is 12.7. The van der Waals surface area contributed by atoms with Crippen LogP contribution in [-0.2, 0) is 20.6 Å². The number of nitrogens with zero attached hydrogens (tertiary/aromatic N) is 1. The number of nitrogens with one attached hydrogen (secondary N) is 1. The molecule has 5 nitrogen and oxygen atoms in total. The maximum atomic E-state index is 12.8. The maximum absolute atomic E-state index is 12.8. The Balaban J connectivity index is 1.56. The van der Waals surface area contributed by atoms with Crippen molar-refractivity contribution in [1.82, 2.24) is 9.62 Å². The van der Waals surface area contributed by atoms with E-state index in [0.29, 0.717) is 25.9 Å². The van der Waals surface area contributed by atoms with Crippen molar-refractivity contribution in [3.63, 3.8) is 0 Å². The number of carbonyl (C=O) groups excluding carboxylic acids is 1. The summed E-state index contributed by atoms with van der Waals surface area (Å²) in [5.74, 6) is -0.124. The van der Waals surface area contributed by atoms with Gasteiger partial charge in [-0.3, -0.25) is 4.79 Å². The first-order chi connectivity index (χ1) is 14.2. The number of hydrogen-bond acceptors (Lipinski definition) is 3. The van der Waals surface area contributed by atoms with Gasteiger partial charge in [0.05, 0.1) is 11.8 Å². The molecule has 0 bridgehead atoms. The predicted molar refractivity (Wildman–Crippen MR) is 121 cm³/mol. The quantitative estimate of drug-likeness (QED) is 0.755. The van der Waals surface area contributed by atoms with Gasteiger partial charge in [-0.05, 0) is 68.4 Å². The van der Waals surface area contributed by atoms with Crippen LogP contribution in [0.1, 0.15) is 53.6 Å². The van der Waals surface area contributed by atoms with E-state index >= 15 is 0 Å². The number of sulfonamides is 1. The average Bonchev–Trinajstić information content (AvgIpc) is 2.71. The third kappa shape index (κ3) is 5.29. The average molecular weight is 429 g/mol. The summed E-state index contributed by atoms with van der Waals surface area (Å²) in [6.45, 7) is 8.85. The zero-order valence-electron chi connectivity index (χ0n) is 18.3. The van der Waals surface area contributed by atoms with E-state index in [1.54, 1.807) is 0 Å². The Morgan fingerprint density at radius 2 is 1.70 bits per heavy atom. The van der Waals surface area contributed by atoms with E-state index < -0.39 is 10.0 Å². The summed E-state index contributed by atoms with van der Waals surface area (Å²) in [6, 6.07) is 13.7. The number of rotatable bonds is 6. The van der Waals surface area contributed by atoms with Crippen LogP contribution in [0.25, 0.3) is 0 Å². The summed E-state index contributed by atoms with van der Waals surface area (Å²) in [5.41, 5.74) is 5.34. The summed E-state index contributed by atoms with van der Waals surface area (Å²) in [5, 5.41) is 3.11. The normalized spacial score (nSPS) is 16.9. The zero-order chi connectivity index (χ0) is 21.9. The van der Waals surface area contributed by atoms with E-state index in [2.05, 4.69) is 31.3 Å². The second-order valence-corrected chi connectivity index (χ2v) is 10.4. The van der Waals surface area contributed by atoms with E-state index in [-0.39, 0.29) is 23.6 Å². The van der Waals surface area contributed by atoms with Gasteiger partial charge in [0.25, 0.3) is 0 Å². The molecule has 1 saturated heterocycles. The molecule has 0 aliphatic carbocycles. The molecule has 3 rings (SSSR count). The molecule has 0 aromatic heterocycles. The highest BCUT2D eigenvalue weighted by molar-refractivity contribution is 7.88. The van der Waals surface area contributed by atoms with E-state index in [1.807, 2.05) is 44.2 Å². The molecule has 2 aromatic carbocycles. The van der Waals surface area contributed by atoms with Crippen LogP contribution < -0.4 is 5.32 Å². The van der Waals surface area contributed by atoms with Crippen molar-refractivity contribution in [2.24, 2.45) is 5.92 Å². The summed E-state index contributed by atoms with van der Waals surface area (Å²) < 4.78 is 27.2. The third-order valence-electron chi connectivity index (χ3n) is 6.21. The molecule has 1 aliphatic rings. The largest absolute Gasteiger partial charge is 0.349 e. The summed E-state index contributed by atoms with van der Waals surface area (Å²) >= 11 is 0. The lowest BCUT2D eigenvalue weighted by Crippen LogP contribution is -2.43. The summed E-state index contributed by atoms with van der Waals surface area (Å²) in [6.07, 6.45) is 1.11. The van der Waals surface area contributed by atoms with Gasteiger partial charge in [0.1, 0.15) is 0 Å². The van der Waals surface area contributed by atoms with Crippen molar-refractivity contribution < 1.29 is 13.2 Å². The number of hydrogen-bond donors (Lipinski definition) is 1. The molecule has 1 amide bonds. The Morgan fingerprint density at radius 1 is 1.03 bits per heavy atom. The van der Waals surface area contributed by atoms with Gasteiger partial charge in [0.2, 0.25) is 15.9 Å². The molecule has 2 aromatic rings. The maximum Gasteiger partial charge on any atom is 0.223 e. The first-order valence-electron chi connectivity index (χ1n) is 10.6. The molecule has 0 spiro atoms. The molecule has 0 radical (unpaired) electrons. The minimum Gasteiger partial charge on any atom is -0.349 e. The van der Waals surface area contributed by atoms with Crippen molar-refractivity contribution in [3.8, 4) is 0 Å². The van der Waals surface area contributed by atoms with Crippen LogP contribution in [-0.4, -0.2) is 31.7 Å². The highest BCUT2D eigenvalue weighted by atomic mass is 32.2. The second-order valence-electron chi connectivity index (χ2n) is 8.43. The number of aryl methyl sites for hydroxylation is 3. The Bertz CT molecular complexity index is 1010. The highest BCUT2D eigenvalue weighted by Gasteiger charge is 2.31. The van der Waals surface area contributed by atoms with Crippen molar-refractivity contribution >= 4 is 15.9 Å². The van der Waals surface area contributed by atoms with Crippen LogP contribution in [0.15, 0.2) is 42.5 Å². The molecule has 0 saturated carbocycles. The van der Waals surface area contributed by atoms with Gasteiger partial charge in [-0.15, -0.1) is 0 Å². The minimum absolute atomic E-state index is 0.0108. The molecular weight excluding hydrogens is 396 g/mol. The van der Waals surface area contributed by atoms with Gasteiger partial charge in [-0.1, -0.05) is 42.5 Å². The number of benzene rings is 2. The van der Waals surface area contributed by atoms with Crippen LogP contribution in [0.2, 0.25) is 0 Å². The number of carbonyl (C=O) groups is 1. The molecular formula is C24H32N2O3S. The van der Waals surface area contributed by atoms with Crippen molar-refractivity contribution in [1.29, 1.82) is 0 Å².